The van der Waals surface area contributed by atoms with Crippen molar-refractivity contribution in [2.45, 2.75) is 39.2 Å². The van der Waals surface area contributed by atoms with Crippen LogP contribution >= 0.6 is 0 Å². The van der Waals surface area contributed by atoms with Gasteiger partial charge in [-0.3, -0.25) is 10.1 Å². The maximum absolute atomic E-state index is 10.9. The van der Waals surface area contributed by atoms with Gasteiger partial charge < -0.3 is 5.32 Å². The lowest BCUT2D eigenvalue weighted by molar-refractivity contribution is -0.384. The highest BCUT2D eigenvalue weighted by atomic mass is 16.6. The van der Waals surface area contributed by atoms with Gasteiger partial charge in [0.05, 0.1) is 4.92 Å². The first-order valence-electron chi connectivity index (χ1n) is 6.45. The second kappa shape index (κ2) is 5.33. The average molecular weight is 249 g/mol. The topological polar surface area (TPSA) is 68.1 Å². The van der Waals surface area contributed by atoms with Gasteiger partial charge in [0.2, 0.25) is 5.82 Å². The van der Waals surface area contributed by atoms with Crippen molar-refractivity contribution in [3.63, 3.8) is 0 Å². The molecule has 1 saturated carbocycles. The summed E-state index contributed by atoms with van der Waals surface area (Å²) < 4.78 is 0. The zero-order chi connectivity index (χ0) is 13.1. The third kappa shape index (κ3) is 2.60. The number of aromatic nitrogens is 1. The van der Waals surface area contributed by atoms with Gasteiger partial charge in [0.1, 0.15) is 0 Å². The minimum Gasteiger partial charge on any atom is -0.361 e. The molecule has 0 aromatic carbocycles. The van der Waals surface area contributed by atoms with Crippen LogP contribution in [0.3, 0.4) is 0 Å². The molecule has 3 unspecified atom stereocenters. The first kappa shape index (κ1) is 12.8. The minimum atomic E-state index is -0.383. The Morgan fingerprint density at radius 1 is 1.44 bits per heavy atom. The molecule has 1 aromatic rings. The van der Waals surface area contributed by atoms with Crippen molar-refractivity contribution in [3.05, 3.63) is 28.4 Å². The van der Waals surface area contributed by atoms with Gasteiger partial charge in [-0.1, -0.05) is 26.7 Å². The van der Waals surface area contributed by atoms with Crippen LogP contribution in [-0.4, -0.2) is 15.9 Å². The van der Waals surface area contributed by atoms with Crippen molar-refractivity contribution in [1.29, 1.82) is 0 Å². The molecule has 3 atom stereocenters. The maximum atomic E-state index is 10.9. The number of nitrogens with one attached hydrogen (secondary N) is 1. The molecule has 98 valence electrons. The summed E-state index contributed by atoms with van der Waals surface area (Å²) >= 11 is 0. The van der Waals surface area contributed by atoms with E-state index in [1.165, 1.54) is 18.9 Å². The summed E-state index contributed by atoms with van der Waals surface area (Å²) in [5.41, 5.74) is 0.0583. The highest BCUT2D eigenvalue weighted by molar-refractivity contribution is 5.55. The third-order valence-corrected chi connectivity index (χ3v) is 4.01. The Morgan fingerprint density at radius 2 is 2.22 bits per heavy atom. The largest absolute Gasteiger partial charge is 0.361 e. The summed E-state index contributed by atoms with van der Waals surface area (Å²) in [6.45, 7) is 4.45. The van der Waals surface area contributed by atoms with Gasteiger partial charge >= 0.3 is 5.69 Å². The Balaban J connectivity index is 2.16. The summed E-state index contributed by atoms with van der Waals surface area (Å²) in [5, 5.41) is 14.2. The molecular formula is C13H19N3O2. The second-order valence-corrected chi connectivity index (χ2v) is 5.15. The van der Waals surface area contributed by atoms with E-state index in [0.29, 0.717) is 17.7 Å². The number of hydrogen-bond acceptors (Lipinski definition) is 4. The van der Waals surface area contributed by atoms with Crippen LogP contribution in [0.25, 0.3) is 0 Å². The van der Waals surface area contributed by atoms with E-state index in [1.807, 2.05) is 0 Å². The van der Waals surface area contributed by atoms with Crippen LogP contribution in [0.1, 0.15) is 33.1 Å². The smallest absolute Gasteiger partial charge is 0.311 e. The molecule has 1 heterocycles. The van der Waals surface area contributed by atoms with E-state index in [-0.39, 0.29) is 16.7 Å². The van der Waals surface area contributed by atoms with Crippen molar-refractivity contribution >= 4 is 11.5 Å². The average Bonchev–Trinajstić information content (AvgIpc) is 2.35. The van der Waals surface area contributed by atoms with E-state index >= 15 is 0 Å². The van der Waals surface area contributed by atoms with Gasteiger partial charge in [0.15, 0.2) is 0 Å². The molecule has 0 saturated heterocycles. The first-order valence-corrected chi connectivity index (χ1v) is 6.45. The summed E-state index contributed by atoms with van der Waals surface area (Å²) in [4.78, 5) is 14.7. The number of hydrogen-bond donors (Lipinski definition) is 1. The Kier molecular flexibility index (Phi) is 3.79. The number of nitrogens with zero attached hydrogens (tertiary/aromatic N) is 2. The monoisotopic (exact) mass is 249 g/mol. The molecule has 0 amide bonds. The third-order valence-electron chi connectivity index (χ3n) is 4.01. The molecule has 18 heavy (non-hydrogen) atoms. The predicted molar refractivity (Wildman–Crippen MR) is 70.5 cm³/mol. The number of pyridine rings is 1. The normalized spacial score (nSPS) is 27.8. The van der Waals surface area contributed by atoms with Crippen molar-refractivity contribution in [2.75, 3.05) is 5.32 Å². The Hall–Kier alpha value is -1.65. The molecule has 1 fully saturated rings. The van der Waals surface area contributed by atoms with Crippen LogP contribution in [0.2, 0.25) is 0 Å². The van der Waals surface area contributed by atoms with Crippen molar-refractivity contribution < 1.29 is 4.92 Å². The van der Waals surface area contributed by atoms with Gasteiger partial charge in [-0.25, -0.2) is 4.98 Å². The molecule has 1 aliphatic rings. The fraction of sp³-hybridized carbons (Fsp3) is 0.615. The van der Waals surface area contributed by atoms with Crippen molar-refractivity contribution in [2.24, 2.45) is 11.8 Å². The molecular weight excluding hydrogens is 230 g/mol. The van der Waals surface area contributed by atoms with Crippen LogP contribution in [-0.2, 0) is 0 Å². The molecule has 1 N–H and O–H groups in total. The molecule has 0 aliphatic heterocycles. The summed E-state index contributed by atoms with van der Waals surface area (Å²) in [7, 11) is 0. The molecule has 1 aromatic heterocycles. The zero-order valence-corrected chi connectivity index (χ0v) is 10.8. The quantitative estimate of drug-likeness (QED) is 0.659. The van der Waals surface area contributed by atoms with E-state index < -0.39 is 0 Å². The van der Waals surface area contributed by atoms with Crippen LogP contribution in [0, 0.1) is 22.0 Å². The van der Waals surface area contributed by atoms with Gasteiger partial charge in [-0.15, -0.1) is 0 Å². The highest BCUT2D eigenvalue weighted by Gasteiger charge is 2.28. The van der Waals surface area contributed by atoms with E-state index in [9.17, 15) is 10.1 Å². The predicted octanol–water partition coefficient (Wildman–Crippen LogP) is 3.23. The van der Waals surface area contributed by atoms with Gasteiger partial charge in [0, 0.05) is 18.3 Å². The maximum Gasteiger partial charge on any atom is 0.311 e. The number of nitro groups is 1. The number of anilines is 1. The lowest BCUT2D eigenvalue weighted by Crippen LogP contribution is -2.35. The van der Waals surface area contributed by atoms with Crippen molar-refractivity contribution in [1.82, 2.24) is 4.98 Å². The Labute approximate surface area is 107 Å². The molecule has 2 rings (SSSR count). The Bertz CT molecular complexity index is 436. The summed E-state index contributed by atoms with van der Waals surface area (Å²) in [5.74, 6) is 1.56. The molecule has 5 heteroatoms. The van der Waals surface area contributed by atoms with Crippen LogP contribution in [0.4, 0.5) is 11.5 Å². The highest BCUT2D eigenvalue weighted by Crippen LogP contribution is 2.32. The summed E-state index contributed by atoms with van der Waals surface area (Å²) in [6, 6.07) is 3.37. The van der Waals surface area contributed by atoms with E-state index in [1.54, 1.807) is 12.3 Å². The van der Waals surface area contributed by atoms with E-state index in [2.05, 4.69) is 24.1 Å². The Morgan fingerprint density at radius 3 is 2.94 bits per heavy atom. The fourth-order valence-corrected chi connectivity index (χ4v) is 2.62. The van der Waals surface area contributed by atoms with Crippen molar-refractivity contribution in [3.8, 4) is 0 Å². The van der Waals surface area contributed by atoms with Crippen LogP contribution in [0.15, 0.2) is 18.3 Å². The molecule has 1 aliphatic carbocycles. The van der Waals surface area contributed by atoms with Gasteiger partial charge in [-0.05, 0) is 24.3 Å². The second-order valence-electron chi connectivity index (χ2n) is 5.15. The minimum absolute atomic E-state index is 0.0583. The lowest BCUT2D eigenvalue weighted by atomic mass is 9.78. The van der Waals surface area contributed by atoms with Gasteiger partial charge in [-0.2, -0.15) is 0 Å². The van der Waals surface area contributed by atoms with E-state index in [4.69, 9.17) is 0 Å². The molecule has 0 radical (unpaired) electrons. The fourth-order valence-electron chi connectivity index (χ4n) is 2.62. The first-order chi connectivity index (χ1) is 8.59. The molecule has 0 bridgehead atoms. The standard InChI is InChI=1S/C13H19N3O2/c1-9-5-3-6-11(10(9)2)15-13-12(16(17)18)7-4-8-14-13/h4,7-11H,3,5-6H2,1-2H3,(H,14,15). The molecule has 0 spiro atoms. The van der Waals surface area contributed by atoms with Crippen LogP contribution < -0.4 is 5.32 Å². The molecule has 5 nitrogen and oxygen atoms in total. The van der Waals surface area contributed by atoms with E-state index in [0.717, 1.165) is 6.42 Å². The lowest BCUT2D eigenvalue weighted by Gasteiger charge is -2.34. The van der Waals surface area contributed by atoms with Crippen LogP contribution in [0.5, 0.6) is 0 Å². The number of rotatable bonds is 3. The SMILES string of the molecule is CC1CCCC(Nc2ncccc2[N+](=O)[O-])C1C. The zero-order valence-electron chi connectivity index (χ0n) is 10.8. The van der Waals surface area contributed by atoms with Gasteiger partial charge in [0.25, 0.3) is 0 Å². The summed E-state index contributed by atoms with van der Waals surface area (Å²) in [6.07, 6.45) is 5.05.